The lowest BCUT2D eigenvalue weighted by molar-refractivity contribution is 0.120. The summed E-state index contributed by atoms with van der Waals surface area (Å²) in [6, 6.07) is 10.1. The number of para-hydroxylation sites is 1. The first-order valence-electron chi connectivity index (χ1n) is 7.30. The minimum atomic E-state index is -0.0587. The van der Waals surface area contributed by atoms with Gasteiger partial charge in [0.05, 0.1) is 6.10 Å². The third-order valence-electron chi connectivity index (χ3n) is 4.64. The van der Waals surface area contributed by atoms with Crippen LogP contribution < -0.4 is 4.90 Å². The zero-order chi connectivity index (χ0) is 12.5. The van der Waals surface area contributed by atoms with Crippen molar-refractivity contribution in [3.05, 3.63) is 29.8 Å². The summed E-state index contributed by atoms with van der Waals surface area (Å²) in [6.07, 6.45) is 6.63. The Morgan fingerprint density at radius 1 is 1.06 bits per heavy atom. The van der Waals surface area contributed by atoms with E-state index in [0.29, 0.717) is 12.1 Å². The van der Waals surface area contributed by atoms with Crippen LogP contribution in [0.2, 0.25) is 0 Å². The highest BCUT2D eigenvalue weighted by molar-refractivity contribution is 5.57. The second kappa shape index (κ2) is 4.93. The summed E-state index contributed by atoms with van der Waals surface area (Å²) in [5, 5.41) is 9.67. The summed E-state index contributed by atoms with van der Waals surface area (Å²) in [5.41, 5.74) is 2.94. The second-order valence-corrected chi connectivity index (χ2v) is 5.89. The van der Waals surface area contributed by atoms with Crippen LogP contribution in [0.5, 0.6) is 0 Å². The molecule has 0 radical (unpaired) electrons. The molecule has 3 rings (SSSR count). The average molecular weight is 245 g/mol. The number of nitrogens with zero attached hydrogens (tertiary/aromatic N) is 1. The Kier molecular flexibility index (Phi) is 3.29. The molecule has 1 saturated carbocycles. The van der Waals surface area contributed by atoms with E-state index in [1.165, 1.54) is 24.1 Å². The van der Waals surface area contributed by atoms with Gasteiger partial charge in [0, 0.05) is 17.8 Å². The fraction of sp³-hybridized carbons (Fsp3) is 0.625. The van der Waals surface area contributed by atoms with Gasteiger partial charge in [-0.05, 0) is 57.1 Å². The van der Waals surface area contributed by atoms with Crippen molar-refractivity contribution in [2.45, 2.75) is 63.6 Å². The molecule has 0 bridgehead atoms. The number of fused-ring (bicyclic) bond motifs is 1. The molecule has 98 valence electrons. The molecule has 1 unspecified atom stereocenters. The first-order chi connectivity index (χ1) is 8.75. The zero-order valence-electron chi connectivity index (χ0n) is 11.2. The number of rotatable bonds is 1. The number of aliphatic hydroxyl groups excluding tert-OH is 1. The Morgan fingerprint density at radius 2 is 1.78 bits per heavy atom. The van der Waals surface area contributed by atoms with Gasteiger partial charge in [0.15, 0.2) is 0 Å². The molecule has 2 nitrogen and oxygen atoms in total. The monoisotopic (exact) mass is 245 g/mol. The molecule has 0 amide bonds. The highest BCUT2D eigenvalue weighted by Crippen LogP contribution is 2.36. The lowest BCUT2D eigenvalue weighted by atomic mass is 9.87. The Morgan fingerprint density at radius 3 is 2.56 bits per heavy atom. The summed E-state index contributed by atoms with van der Waals surface area (Å²) < 4.78 is 0. The molecule has 1 N–H and O–H groups in total. The van der Waals surface area contributed by atoms with Crippen molar-refractivity contribution in [1.82, 2.24) is 0 Å². The zero-order valence-corrected chi connectivity index (χ0v) is 11.2. The smallest absolute Gasteiger partial charge is 0.0541 e. The standard InChI is InChI=1S/C16H23NO/c1-12-6-7-13-4-2-3-5-16(13)17(12)14-8-10-15(18)11-9-14/h2-5,12,14-15,18H,6-11H2,1H3. The predicted molar refractivity (Wildman–Crippen MR) is 75.0 cm³/mol. The van der Waals surface area contributed by atoms with Crippen LogP contribution in [0.4, 0.5) is 5.69 Å². The molecular formula is C16H23NO. The molecule has 0 aromatic heterocycles. The number of aliphatic hydroxyl groups is 1. The first-order valence-corrected chi connectivity index (χ1v) is 7.30. The molecule has 2 aliphatic rings. The van der Waals surface area contributed by atoms with Gasteiger partial charge in [0.1, 0.15) is 0 Å². The average Bonchev–Trinajstić information content (AvgIpc) is 2.40. The largest absolute Gasteiger partial charge is 0.393 e. The quantitative estimate of drug-likeness (QED) is 0.821. The third kappa shape index (κ3) is 2.14. The van der Waals surface area contributed by atoms with E-state index in [1.807, 2.05) is 0 Å². The van der Waals surface area contributed by atoms with E-state index in [0.717, 1.165) is 25.7 Å². The highest BCUT2D eigenvalue weighted by atomic mass is 16.3. The van der Waals surface area contributed by atoms with E-state index in [-0.39, 0.29) is 6.10 Å². The fourth-order valence-electron chi connectivity index (χ4n) is 3.61. The van der Waals surface area contributed by atoms with Gasteiger partial charge < -0.3 is 10.0 Å². The molecule has 1 atom stereocenters. The first kappa shape index (κ1) is 12.0. The van der Waals surface area contributed by atoms with Crippen LogP contribution in [0.3, 0.4) is 0 Å². The molecule has 0 spiro atoms. The summed E-state index contributed by atoms with van der Waals surface area (Å²) in [5.74, 6) is 0. The minimum absolute atomic E-state index is 0.0587. The minimum Gasteiger partial charge on any atom is -0.393 e. The molecule has 1 fully saturated rings. The lowest BCUT2D eigenvalue weighted by Gasteiger charge is -2.44. The molecule has 1 aliphatic heterocycles. The van der Waals surface area contributed by atoms with E-state index in [2.05, 4.69) is 36.1 Å². The Balaban J connectivity index is 1.86. The molecule has 18 heavy (non-hydrogen) atoms. The molecule has 1 aromatic carbocycles. The fourth-order valence-corrected chi connectivity index (χ4v) is 3.61. The van der Waals surface area contributed by atoms with Gasteiger partial charge in [0.2, 0.25) is 0 Å². The van der Waals surface area contributed by atoms with E-state index in [4.69, 9.17) is 0 Å². The summed E-state index contributed by atoms with van der Waals surface area (Å²) in [7, 11) is 0. The molecule has 1 aliphatic carbocycles. The molecular weight excluding hydrogens is 222 g/mol. The van der Waals surface area contributed by atoms with Crippen molar-refractivity contribution in [2.24, 2.45) is 0 Å². The molecule has 1 aromatic rings. The van der Waals surface area contributed by atoms with Crippen molar-refractivity contribution in [1.29, 1.82) is 0 Å². The number of anilines is 1. The van der Waals surface area contributed by atoms with Gasteiger partial charge in [-0.2, -0.15) is 0 Å². The van der Waals surface area contributed by atoms with Crippen molar-refractivity contribution < 1.29 is 5.11 Å². The molecule has 2 heteroatoms. The normalized spacial score (nSPS) is 32.1. The number of aryl methyl sites for hydroxylation is 1. The van der Waals surface area contributed by atoms with E-state index < -0.39 is 0 Å². The van der Waals surface area contributed by atoms with Gasteiger partial charge in [-0.1, -0.05) is 18.2 Å². The van der Waals surface area contributed by atoms with Crippen LogP contribution in [0, 0.1) is 0 Å². The number of hydrogen-bond acceptors (Lipinski definition) is 2. The van der Waals surface area contributed by atoms with Crippen LogP contribution in [-0.2, 0) is 6.42 Å². The maximum absolute atomic E-state index is 9.67. The van der Waals surface area contributed by atoms with Crippen molar-refractivity contribution in [2.75, 3.05) is 4.90 Å². The van der Waals surface area contributed by atoms with Crippen LogP contribution in [0.15, 0.2) is 24.3 Å². The van der Waals surface area contributed by atoms with Gasteiger partial charge in [-0.3, -0.25) is 0 Å². The lowest BCUT2D eigenvalue weighted by Crippen LogP contribution is -2.47. The summed E-state index contributed by atoms with van der Waals surface area (Å²) in [6.45, 7) is 2.35. The van der Waals surface area contributed by atoms with Crippen molar-refractivity contribution in [3.8, 4) is 0 Å². The van der Waals surface area contributed by atoms with E-state index >= 15 is 0 Å². The Bertz CT molecular complexity index is 409. The van der Waals surface area contributed by atoms with Gasteiger partial charge in [-0.25, -0.2) is 0 Å². The van der Waals surface area contributed by atoms with Crippen LogP contribution in [0.1, 0.15) is 44.6 Å². The van der Waals surface area contributed by atoms with Gasteiger partial charge in [0.25, 0.3) is 0 Å². The topological polar surface area (TPSA) is 23.5 Å². The van der Waals surface area contributed by atoms with Crippen LogP contribution in [-0.4, -0.2) is 23.3 Å². The number of benzene rings is 1. The van der Waals surface area contributed by atoms with E-state index in [1.54, 1.807) is 0 Å². The molecule has 1 heterocycles. The van der Waals surface area contributed by atoms with Crippen molar-refractivity contribution >= 4 is 5.69 Å². The van der Waals surface area contributed by atoms with Crippen LogP contribution >= 0.6 is 0 Å². The maximum atomic E-state index is 9.67. The summed E-state index contributed by atoms with van der Waals surface area (Å²) >= 11 is 0. The Labute approximate surface area is 110 Å². The van der Waals surface area contributed by atoms with Gasteiger partial charge >= 0.3 is 0 Å². The maximum Gasteiger partial charge on any atom is 0.0541 e. The third-order valence-corrected chi connectivity index (χ3v) is 4.64. The second-order valence-electron chi connectivity index (χ2n) is 5.89. The van der Waals surface area contributed by atoms with Gasteiger partial charge in [-0.15, -0.1) is 0 Å². The summed E-state index contributed by atoms with van der Waals surface area (Å²) in [4.78, 5) is 2.63. The highest BCUT2D eigenvalue weighted by Gasteiger charge is 2.31. The SMILES string of the molecule is CC1CCc2ccccc2N1C1CCC(O)CC1. The van der Waals surface area contributed by atoms with Crippen molar-refractivity contribution in [3.63, 3.8) is 0 Å². The Hall–Kier alpha value is -1.02. The van der Waals surface area contributed by atoms with Crippen LogP contribution in [0.25, 0.3) is 0 Å². The predicted octanol–water partition coefficient (Wildman–Crippen LogP) is 3.13. The van der Waals surface area contributed by atoms with E-state index in [9.17, 15) is 5.11 Å². The number of hydrogen-bond donors (Lipinski definition) is 1. The molecule has 0 saturated heterocycles.